The van der Waals surface area contributed by atoms with Crippen LogP contribution in [0.25, 0.3) is 0 Å². The zero-order valence-electron chi connectivity index (χ0n) is 52.5. The Morgan fingerprint density at radius 2 is 0.370 bits per heavy atom. The maximum Gasteiger partial charge on any atom is 0.187 e. The van der Waals surface area contributed by atoms with Crippen LogP contribution in [0.15, 0.2) is 0 Å². The summed E-state index contributed by atoms with van der Waals surface area (Å²) in [5, 5.41) is 252. The Bertz CT molecular complexity index is 2510. The van der Waals surface area contributed by atoms with Crippen LogP contribution < -0.4 is 0 Å². The maximum atomic E-state index is 11.5. The monoisotopic (exact) mass is 1470 g/mol. The van der Waals surface area contributed by atoms with Crippen LogP contribution in [0.1, 0.15) is 0 Å². The molecule has 45 heteroatoms. The van der Waals surface area contributed by atoms with Gasteiger partial charge in [0.25, 0.3) is 0 Å². The first kappa shape index (κ1) is 79.2. The zero-order valence-corrected chi connectivity index (χ0v) is 52.5. The van der Waals surface area contributed by atoms with Crippen LogP contribution in [0.2, 0.25) is 0 Å². The van der Waals surface area contributed by atoms with Crippen molar-refractivity contribution in [2.45, 2.75) is 271 Å². The van der Waals surface area contributed by atoms with Gasteiger partial charge in [0.05, 0.1) is 72.7 Å². The normalized spacial score (nSPS) is 53.4. The molecule has 11 aliphatic rings. The minimum Gasteiger partial charge on any atom is -0.394 e. The lowest BCUT2D eigenvalue weighted by Gasteiger charge is -2.28. The van der Waals surface area contributed by atoms with Crippen molar-refractivity contribution in [3.63, 3.8) is 0 Å². The van der Waals surface area contributed by atoms with E-state index in [1.165, 1.54) is 0 Å². The van der Waals surface area contributed by atoms with Crippen molar-refractivity contribution in [2.24, 2.45) is 0 Å². The summed E-state index contributed by atoms with van der Waals surface area (Å²) < 4.78 is 118. The van der Waals surface area contributed by atoms with E-state index in [9.17, 15) is 123 Å². The molecule has 0 aromatic rings. The van der Waals surface area contributed by atoms with Gasteiger partial charge >= 0.3 is 0 Å². The van der Waals surface area contributed by atoms with E-state index >= 15 is 0 Å². The quantitative estimate of drug-likeness (QED) is 0.0306. The van der Waals surface area contributed by atoms with Crippen molar-refractivity contribution in [1.29, 1.82) is 0 Å². The molecule has 0 aromatic carbocycles. The number of aliphatic hydroxyl groups excluding tert-OH is 24. The Balaban J connectivity index is 0.620. The molecular formula is C55H90O45. The smallest absolute Gasteiger partial charge is 0.187 e. The Morgan fingerprint density at radius 3 is 0.660 bits per heavy atom. The van der Waals surface area contributed by atoms with Gasteiger partial charge in [0.15, 0.2) is 69.2 Å². The standard InChI is InChI=1S/C55H90O45/c56-1-12-23(60)38(75)51(88-12)99-43-31(68)14(3-58)90-54(43)85-10-20-29(66)37(74)48(95-20)82-8-18-27(64)35(72)46(93-18)80-6-17-26(63)34(71)47(92-17)81-7-19-28(65)36(73)49(94-19)83-9-21-30(67)40(77)53(96-21)98-42-22(97-50(41(42)78)84-5-16-25(62)33(70)45(79)87-16)11-86-55-44(32(69)15(4-59)91-55)100-52-39(76)24(61)13(2-57)89-52/h12-79H,1-11H2/t12-,13-,14-,15-,16-,17-,18-,19-,20-,21-,22-,23-,24-,25-,26-,27-,28-,29-,30-,31-,32-,33+,34+,35+,36+,37+,38+,39+,40+,41+,42-,43+,44+,45?,46+,47+,48+,49+,50+,51+,52+,53-,54+,55+/m1/s1. The van der Waals surface area contributed by atoms with E-state index in [0.717, 1.165) is 0 Å². The van der Waals surface area contributed by atoms with Crippen LogP contribution in [0.3, 0.4) is 0 Å². The second-order valence-corrected chi connectivity index (χ2v) is 25.7. The van der Waals surface area contributed by atoms with E-state index in [1.54, 1.807) is 0 Å². The van der Waals surface area contributed by atoms with Crippen LogP contribution in [0.4, 0.5) is 0 Å². The first-order chi connectivity index (χ1) is 47.7. The van der Waals surface area contributed by atoms with Crippen LogP contribution in [0.5, 0.6) is 0 Å². The molecule has 45 nitrogen and oxygen atoms in total. The summed E-state index contributed by atoms with van der Waals surface area (Å²) in [6.07, 6.45) is -70.6. The molecule has 0 spiro atoms. The van der Waals surface area contributed by atoms with Crippen molar-refractivity contribution in [3.8, 4) is 0 Å². The molecular weight excluding hydrogens is 1380 g/mol. The van der Waals surface area contributed by atoms with Gasteiger partial charge in [-0.15, -0.1) is 0 Å². The lowest BCUT2D eigenvalue weighted by Crippen LogP contribution is -2.46. The van der Waals surface area contributed by atoms with Gasteiger partial charge in [-0.25, -0.2) is 0 Å². The van der Waals surface area contributed by atoms with Crippen LogP contribution in [0, 0.1) is 0 Å². The molecule has 0 amide bonds. The molecule has 580 valence electrons. The SMILES string of the molecule is OC[C@H]1O[C@@H](O[C@@H]2[C@@H](OC[C@H]3O[C@H](OC[C@H]4O[C@H](OC[C@H]5O[C@H](OC[C@H]6O[C@H](OC[C@H]7O[C@H](O[C@H]8[C@H](O)[C@@H](OC[C@H]9OC(O)[C@@H](O)[C@@H]9O)O[C@@H]8CO[C@H]8O[C@H](CO)[C@@H](O)[C@@H]8O[C@@H]8O[C@H](CO)[C@@H](O)[C@@H]8O)[C@@H](O)[C@@H]7O)[C@@H](O)[C@@H]6O)[C@@H](O)[C@@H]5O)[C@@H](O)[C@@H]4O)[C@@H](O)[C@@H]3O)O[C@H](CO)[C@H]2O)[C@@H](O)[C@@H]1O. The molecule has 11 aliphatic heterocycles. The lowest BCUT2D eigenvalue weighted by atomic mass is 10.1. The summed E-state index contributed by atoms with van der Waals surface area (Å²) in [6.45, 7) is -7.29. The second-order valence-electron chi connectivity index (χ2n) is 25.7. The van der Waals surface area contributed by atoms with Gasteiger partial charge in [-0.3, -0.25) is 0 Å². The van der Waals surface area contributed by atoms with Crippen LogP contribution >= 0.6 is 0 Å². The van der Waals surface area contributed by atoms with E-state index in [4.69, 9.17) is 99.5 Å². The highest BCUT2D eigenvalue weighted by Crippen LogP contribution is 2.38. The average molecular weight is 1470 g/mol. The summed E-state index contributed by atoms with van der Waals surface area (Å²) in [4.78, 5) is 0. The number of aliphatic hydroxyl groups is 24. The first-order valence-corrected chi connectivity index (χ1v) is 32.2. The van der Waals surface area contributed by atoms with E-state index in [0.29, 0.717) is 0 Å². The molecule has 0 radical (unpaired) electrons. The molecule has 24 N–H and O–H groups in total. The van der Waals surface area contributed by atoms with Gasteiger partial charge in [-0.05, 0) is 0 Å². The molecule has 0 aliphatic carbocycles. The van der Waals surface area contributed by atoms with Crippen molar-refractivity contribution in [3.05, 3.63) is 0 Å². The molecule has 0 aromatic heterocycles. The Hall–Kier alpha value is -1.80. The summed E-state index contributed by atoms with van der Waals surface area (Å²) >= 11 is 0. The fraction of sp³-hybridized carbons (Fsp3) is 1.00. The maximum absolute atomic E-state index is 11.5. The number of hydrogen-bond donors (Lipinski definition) is 24. The highest BCUT2D eigenvalue weighted by molar-refractivity contribution is 4.99. The lowest BCUT2D eigenvalue weighted by molar-refractivity contribution is -0.259. The van der Waals surface area contributed by atoms with Gasteiger partial charge in [0, 0.05) is 0 Å². The van der Waals surface area contributed by atoms with E-state index in [1.807, 2.05) is 0 Å². The number of hydrogen-bond acceptors (Lipinski definition) is 45. The third kappa shape index (κ3) is 16.6. The minimum atomic E-state index is -1.92. The third-order valence-electron chi connectivity index (χ3n) is 19.0. The molecule has 1 unspecified atom stereocenters. The highest BCUT2D eigenvalue weighted by Gasteiger charge is 2.58. The Kier molecular flexibility index (Phi) is 27.1. The van der Waals surface area contributed by atoms with E-state index in [-0.39, 0.29) is 0 Å². The van der Waals surface area contributed by atoms with Crippen molar-refractivity contribution < 1.29 is 222 Å². The second kappa shape index (κ2) is 34.2. The average Bonchev–Trinajstić information content (AvgIpc) is 1.66. The largest absolute Gasteiger partial charge is 0.394 e. The van der Waals surface area contributed by atoms with Crippen molar-refractivity contribution in [2.75, 3.05) is 72.7 Å². The van der Waals surface area contributed by atoms with E-state index < -0.39 is 343 Å². The predicted molar refractivity (Wildman–Crippen MR) is 296 cm³/mol. The van der Waals surface area contributed by atoms with Gasteiger partial charge in [0.1, 0.15) is 201 Å². The fourth-order valence-electron chi connectivity index (χ4n) is 12.9. The highest BCUT2D eigenvalue weighted by atomic mass is 16.8. The molecule has 11 fully saturated rings. The third-order valence-corrected chi connectivity index (χ3v) is 19.0. The van der Waals surface area contributed by atoms with Crippen molar-refractivity contribution in [1.82, 2.24) is 0 Å². The topological polar surface area (TPSA) is 679 Å². The van der Waals surface area contributed by atoms with Crippen molar-refractivity contribution >= 4 is 0 Å². The molecule has 0 bridgehead atoms. The molecule has 44 atom stereocenters. The molecule has 11 heterocycles. The summed E-state index contributed by atoms with van der Waals surface area (Å²) in [5.41, 5.74) is 0. The Labute approximate surface area is 564 Å². The molecule has 100 heavy (non-hydrogen) atoms. The van der Waals surface area contributed by atoms with Crippen LogP contribution in [-0.2, 0) is 99.5 Å². The number of ether oxygens (including phenoxy) is 21. The van der Waals surface area contributed by atoms with Gasteiger partial charge in [-0.2, -0.15) is 0 Å². The Morgan fingerprint density at radius 1 is 0.170 bits per heavy atom. The summed E-state index contributed by atoms with van der Waals surface area (Å²) in [5.74, 6) is 0. The molecule has 11 saturated heterocycles. The minimum absolute atomic E-state index is 0.564. The molecule has 0 saturated carbocycles. The van der Waals surface area contributed by atoms with Gasteiger partial charge in [0.2, 0.25) is 0 Å². The van der Waals surface area contributed by atoms with E-state index in [2.05, 4.69) is 0 Å². The van der Waals surface area contributed by atoms with Crippen LogP contribution in [-0.4, -0.2) is 466 Å². The van der Waals surface area contributed by atoms with Gasteiger partial charge < -0.3 is 222 Å². The molecule has 11 rings (SSSR count). The number of rotatable bonds is 31. The zero-order chi connectivity index (χ0) is 72.0. The predicted octanol–water partition coefficient (Wildman–Crippen LogP) is -17.9. The fourth-order valence-corrected chi connectivity index (χ4v) is 12.9. The first-order valence-electron chi connectivity index (χ1n) is 32.2. The van der Waals surface area contributed by atoms with Gasteiger partial charge in [-0.1, -0.05) is 0 Å². The summed E-state index contributed by atoms with van der Waals surface area (Å²) in [6, 6.07) is 0. The summed E-state index contributed by atoms with van der Waals surface area (Å²) in [7, 11) is 0.